The van der Waals surface area contributed by atoms with Gasteiger partial charge in [-0.3, -0.25) is 0 Å². The molecule has 2 N–H and O–H groups in total. The van der Waals surface area contributed by atoms with Gasteiger partial charge in [0.05, 0.1) is 5.69 Å². The first kappa shape index (κ1) is 14.1. The van der Waals surface area contributed by atoms with Crippen molar-refractivity contribution in [3.8, 4) is 0 Å². The summed E-state index contributed by atoms with van der Waals surface area (Å²) in [5, 5.41) is 0. The van der Waals surface area contributed by atoms with Crippen molar-refractivity contribution in [1.29, 1.82) is 0 Å². The Morgan fingerprint density at radius 3 is 2.53 bits per heavy atom. The lowest BCUT2D eigenvalue weighted by Crippen LogP contribution is -2.36. The molecule has 0 aliphatic carbocycles. The zero-order chi connectivity index (χ0) is 14.2. The Labute approximate surface area is 115 Å². The number of nitrogens with zero attached hydrogens (tertiary/aromatic N) is 1. The van der Waals surface area contributed by atoms with Gasteiger partial charge in [0.2, 0.25) is 10.0 Å². The van der Waals surface area contributed by atoms with Crippen molar-refractivity contribution in [2.24, 2.45) is 0 Å². The van der Waals surface area contributed by atoms with E-state index in [1.165, 1.54) is 4.31 Å². The van der Waals surface area contributed by atoms with Crippen LogP contribution in [0.15, 0.2) is 28.7 Å². The van der Waals surface area contributed by atoms with Crippen LogP contribution < -0.4 is 5.73 Å². The molecule has 2 rings (SSSR count). The minimum absolute atomic E-state index is 0.266. The first-order valence-corrected chi connectivity index (χ1v) is 7.79. The standard InChI is InChI=1S/C14H20N2O2S/c1-10-5-4-8-16(9-10)19(17,18)14-12(3)11(2)6-7-13(14)15/h5-7H,4,8-9,15H2,1-3H3. The number of rotatable bonds is 2. The van der Waals surface area contributed by atoms with E-state index in [1.54, 1.807) is 6.07 Å². The van der Waals surface area contributed by atoms with Gasteiger partial charge in [-0.15, -0.1) is 0 Å². The number of nitrogen functional groups attached to an aromatic ring is 1. The second-order valence-electron chi connectivity index (χ2n) is 5.10. The summed E-state index contributed by atoms with van der Waals surface area (Å²) in [7, 11) is -3.51. The topological polar surface area (TPSA) is 63.4 Å². The minimum atomic E-state index is -3.51. The molecule has 0 amide bonds. The first-order valence-electron chi connectivity index (χ1n) is 6.35. The van der Waals surface area contributed by atoms with E-state index in [0.717, 1.165) is 23.1 Å². The highest BCUT2D eigenvalue weighted by atomic mass is 32.2. The summed E-state index contributed by atoms with van der Waals surface area (Å²) in [4.78, 5) is 0.266. The number of nitrogens with two attached hydrogens (primary N) is 1. The van der Waals surface area contributed by atoms with E-state index in [2.05, 4.69) is 6.08 Å². The summed E-state index contributed by atoms with van der Waals surface area (Å²) < 4.78 is 27.0. The van der Waals surface area contributed by atoms with E-state index in [4.69, 9.17) is 5.73 Å². The number of benzene rings is 1. The predicted molar refractivity (Wildman–Crippen MR) is 77.5 cm³/mol. The van der Waals surface area contributed by atoms with Crippen LogP contribution in [0.25, 0.3) is 0 Å². The Morgan fingerprint density at radius 1 is 1.21 bits per heavy atom. The molecule has 1 aliphatic heterocycles. The third-order valence-electron chi connectivity index (χ3n) is 3.60. The van der Waals surface area contributed by atoms with Crippen LogP contribution in [0.1, 0.15) is 24.5 Å². The highest BCUT2D eigenvalue weighted by Gasteiger charge is 2.29. The summed E-state index contributed by atoms with van der Waals surface area (Å²) in [6.45, 7) is 6.64. The third-order valence-corrected chi connectivity index (χ3v) is 5.65. The molecule has 4 nitrogen and oxygen atoms in total. The van der Waals surface area contributed by atoms with E-state index in [0.29, 0.717) is 18.8 Å². The lowest BCUT2D eigenvalue weighted by Gasteiger charge is -2.27. The summed E-state index contributed by atoms with van der Waals surface area (Å²) in [6.07, 6.45) is 2.84. The lowest BCUT2D eigenvalue weighted by molar-refractivity contribution is 0.428. The van der Waals surface area contributed by atoms with Crippen molar-refractivity contribution in [3.05, 3.63) is 34.9 Å². The zero-order valence-electron chi connectivity index (χ0n) is 11.6. The fourth-order valence-electron chi connectivity index (χ4n) is 2.36. The van der Waals surface area contributed by atoms with Crippen LogP contribution in [0, 0.1) is 13.8 Å². The number of hydrogen-bond donors (Lipinski definition) is 1. The van der Waals surface area contributed by atoms with Crippen LogP contribution in [-0.4, -0.2) is 25.8 Å². The Balaban J connectivity index is 2.52. The molecular weight excluding hydrogens is 260 g/mol. The van der Waals surface area contributed by atoms with Crippen LogP contribution >= 0.6 is 0 Å². The van der Waals surface area contributed by atoms with Gasteiger partial charge in [-0.25, -0.2) is 8.42 Å². The molecule has 1 heterocycles. The second kappa shape index (κ2) is 4.98. The van der Waals surface area contributed by atoms with Crippen LogP contribution in [0.4, 0.5) is 5.69 Å². The number of aryl methyl sites for hydroxylation is 1. The van der Waals surface area contributed by atoms with E-state index in [1.807, 2.05) is 26.8 Å². The lowest BCUT2D eigenvalue weighted by atomic mass is 10.1. The van der Waals surface area contributed by atoms with Gasteiger partial charge in [-0.2, -0.15) is 4.31 Å². The monoisotopic (exact) mass is 280 g/mol. The largest absolute Gasteiger partial charge is 0.398 e. The molecule has 19 heavy (non-hydrogen) atoms. The van der Waals surface area contributed by atoms with Crippen LogP contribution in [0.5, 0.6) is 0 Å². The fraction of sp³-hybridized carbons (Fsp3) is 0.429. The maximum Gasteiger partial charge on any atom is 0.245 e. The highest BCUT2D eigenvalue weighted by molar-refractivity contribution is 7.89. The molecule has 0 unspecified atom stereocenters. The SMILES string of the molecule is CC1=CCCN(S(=O)(=O)c2c(N)ccc(C)c2C)C1. The normalized spacial score (nSPS) is 17.3. The molecule has 0 fully saturated rings. The quantitative estimate of drug-likeness (QED) is 0.667. The van der Waals surface area contributed by atoms with Crippen molar-refractivity contribution in [2.45, 2.75) is 32.1 Å². The van der Waals surface area contributed by atoms with Crippen molar-refractivity contribution in [3.63, 3.8) is 0 Å². The second-order valence-corrected chi connectivity index (χ2v) is 6.98. The zero-order valence-corrected chi connectivity index (χ0v) is 12.4. The highest BCUT2D eigenvalue weighted by Crippen LogP contribution is 2.29. The summed E-state index contributed by atoms with van der Waals surface area (Å²) in [5.41, 5.74) is 8.99. The Bertz CT molecular complexity index is 633. The van der Waals surface area contributed by atoms with Gasteiger partial charge >= 0.3 is 0 Å². The van der Waals surface area contributed by atoms with Crippen molar-refractivity contribution < 1.29 is 8.42 Å². The molecule has 0 radical (unpaired) electrons. The van der Waals surface area contributed by atoms with Crippen LogP contribution in [0.3, 0.4) is 0 Å². The fourth-order valence-corrected chi connectivity index (χ4v) is 4.26. The van der Waals surface area contributed by atoms with Gasteiger partial charge < -0.3 is 5.73 Å². The van der Waals surface area contributed by atoms with E-state index in [-0.39, 0.29) is 4.90 Å². The van der Waals surface area contributed by atoms with Crippen LogP contribution in [-0.2, 0) is 10.0 Å². The summed E-state index contributed by atoms with van der Waals surface area (Å²) in [6, 6.07) is 3.52. The average molecular weight is 280 g/mol. The van der Waals surface area contributed by atoms with Crippen molar-refractivity contribution >= 4 is 15.7 Å². The van der Waals surface area contributed by atoms with E-state index < -0.39 is 10.0 Å². The third kappa shape index (κ3) is 2.53. The minimum Gasteiger partial charge on any atom is -0.398 e. The molecule has 0 spiro atoms. The Morgan fingerprint density at radius 2 is 1.89 bits per heavy atom. The van der Waals surface area contributed by atoms with Crippen molar-refractivity contribution in [1.82, 2.24) is 4.31 Å². The molecule has 1 aliphatic rings. The molecule has 0 saturated heterocycles. The smallest absolute Gasteiger partial charge is 0.245 e. The van der Waals surface area contributed by atoms with Crippen LogP contribution in [0.2, 0.25) is 0 Å². The maximum atomic E-state index is 12.7. The van der Waals surface area contributed by atoms with Gasteiger partial charge in [-0.1, -0.05) is 17.7 Å². The molecule has 0 atom stereocenters. The molecule has 104 valence electrons. The van der Waals surface area contributed by atoms with Gasteiger partial charge in [-0.05, 0) is 44.4 Å². The van der Waals surface area contributed by atoms with Gasteiger partial charge in [0, 0.05) is 13.1 Å². The molecule has 0 saturated carbocycles. The average Bonchev–Trinajstić information content (AvgIpc) is 2.34. The van der Waals surface area contributed by atoms with E-state index >= 15 is 0 Å². The van der Waals surface area contributed by atoms with E-state index in [9.17, 15) is 8.42 Å². The van der Waals surface area contributed by atoms with Gasteiger partial charge in [0.15, 0.2) is 0 Å². The number of sulfonamides is 1. The number of anilines is 1. The summed E-state index contributed by atoms with van der Waals surface area (Å²) in [5.74, 6) is 0. The molecule has 1 aromatic rings. The Hall–Kier alpha value is -1.33. The predicted octanol–water partition coefficient (Wildman–Crippen LogP) is 2.23. The summed E-state index contributed by atoms with van der Waals surface area (Å²) >= 11 is 0. The molecule has 0 bridgehead atoms. The number of hydrogen-bond acceptors (Lipinski definition) is 3. The molecule has 5 heteroatoms. The maximum absolute atomic E-state index is 12.7. The first-order chi connectivity index (χ1) is 8.84. The molecular formula is C14H20N2O2S. The van der Waals surface area contributed by atoms with Gasteiger partial charge in [0.1, 0.15) is 4.90 Å². The molecule has 0 aromatic heterocycles. The van der Waals surface area contributed by atoms with Crippen molar-refractivity contribution in [2.75, 3.05) is 18.8 Å². The Kier molecular flexibility index (Phi) is 3.69. The van der Waals surface area contributed by atoms with Gasteiger partial charge in [0.25, 0.3) is 0 Å². The molecule has 1 aromatic carbocycles.